The van der Waals surface area contributed by atoms with Gasteiger partial charge in [-0.1, -0.05) is 24.2 Å². The van der Waals surface area contributed by atoms with E-state index in [2.05, 4.69) is 35.4 Å². The first kappa shape index (κ1) is 20.8. The fourth-order valence-electron chi connectivity index (χ4n) is 3.70. The Balaban J connectivity index is 1.76. The third-order valence-electron chi connectivity index (χ3n) is 5.74. The molecule has 2 aromatic heterocycles. The molecule has 1 aliphatic heterocycles. The largest absolute Gasteiger partial charge is 0.361 e. The summed E-state index contributed by atoms with van der Waals surface area (Å²) < 4.78 is 5.30. The fourth-order valence-corrected chi connectivity index (χ4v) is 4.82. The fraction of sp³-hybridized carbons (Fsp3) is 0.545. The molecular formula is C22H31N3O2S. The Kier molecular flexibility index (Phi) is 6.73. The molecule has 0 N–H and O–H groups in total. The van der Waals surface area contributed by atoms with Gasteiger partial charge in [-0.25, -0.2) is 0 Å². The van der Waals surface area contributed by atoms with Gasteiger partial charge in [-0.2, -0.15) is 0 Å². The van der Waals surface area contributed by atoms with Gasteiger partial charge in [-0.3, -0.25) is 9.69 Å². The Bertz CT molecular complexity index is 833. The molecule has 1 atom stereocenters. The third-order valence-corrected chi connectivity index (χ3v) is 6.75. The van der Waals surface area contributed by atoms with Crippen LogP contribution in [0.2, 0.25) is 0 Å². The van der Waals surface area contributed by atoms with Crippen molar-refractivity contribution in [2.45, 2.75) is 66.6 Å². The zero-order valence-electron chi connectivity index (χ0n) is 17.6. The second-order valence-corrected chi connectivity index (χ2v) is 8.56. The van der Waals surface area contributed by atoms with Crippen LogP contribution in [0.15, 0.2) is 22.1 Å². The molecule has 1 unspecified atom stereocenters. The second-order valence-electron chi connectivity index (χ2n) is 7.60. The Morgan fingerprint density at radius 1 is 1.46 bits per heavy atom. The molecule has 2 aromatic rings. The van der Waals surface area contributed by atoms with Crippen molar-refractivity contribution < 1.29 is 9.32 Å². The van der Waals surface area contributed by atoms with E-state index in [4.69, 9.17) is 4.52 Å². The quantitative estimate of drug-likeness (QED) is 0.630. The van der Waals surface area contributed by atoms with Gasteiger partial charge in [0, 0.05) is 48.0 Å². The predicted octanol–water partition coefficient (Wildman–Crippen LogP) is 4.73. The molecule has 1 amide bonds. The van der Waals surface area contributed by atoms with E-state index in [1.165, 1.54) is 16.0 Å². The molecule has 5 nitrogen and oxygen atoms in total. The minimum atomic E-state index is 0.170. The molecule has 152 valence electrons. The molecule has 1 aliphatic rings. The van der Waals surface area contributed by atoms with Gasteiger partial charge in [-0.05, 0) is 46.1 Å². The van der Waals surface area contributed by atoms with Crippen molar-refractivity contribution in [2.75, 3.05) is 13.1 Å². The molecule has 0 spiro atoms. The van der Waals surface area contributed by atoms with E-state index >= 15 is 0 Å². The summed E-state index contributed by atoms with van der Waals surface area (Å²) in [5.41, 5.74) is 4.31. The van der Waals surface area contributed by atoms with E-state index in [-0.39, 0.29) is 11.9 Å². The number of nitrogens with zero attached hydrogens (tertiary/aromatic N) is 3. The molecule has 0 saturated carbocycles. The molecule has 0 bridgehead atoms. The van der Waals surface area contributed by atoms with Crippen molar-refractivity contribution in [1.82, 2.24) is 15.0 Å². The van der Waals surface area contributed by atoms with Crippen LogP contribution < -0.4 is 0 Å². The highest BCUT2D eigenvalue weighted by molar-refractivity contribution is 7.10. The third kappa shape index (κ3) is 4.23. The lowest BCUT2D eigenvalue weighted by molar-refractivity contribution is 0.0711. The number of carbonyl (C=O) groups excluding carboxylic acids is 1. The van der Waals surface area contributed by atoms with E-state index in [9.17, 15) is 4.79 Å². The average Bonchev–Trinajstić information content (AvgIpc) is 3.25. The molecule has 28 heavy (non-hydrogen) atoms. The van der Waals surface area contributed by atoms with Crippen LogP contribution in [0.1, 0.15) is 65.0 Å². The number of aryl methyl sites for hydroxylation is 2. The topological polar surface area (TPSA) is 49.6 Å². The van der Waals surface area contributed by atoms with Crippen LogP contribution in [-0.2, 0) is 19.5 Å². The van der Waals surface area contributed by atoms with Crippen molar-refractivity contribution in [1.29, 1.82) is 0 Å². The summed E-state index contributed by atoms with van der Waals surface area (Å²) in [7, 11) is 0. The highest BCUT2D eigenvalue weighted by atomic mass is 32.1. The average molecular weight is 402 g/mol. The Labute approximate surface area is 172 Å². The van der Waals surface area contributed by atoms with Crippen LogP contribution >= 0.6 is 11.3 Å². The van der Waals surface area contributed by atoms with Crippen LogP contribution in [0.4, 0.5) is 0 Å². The second kappa shape index (κ2) is 9.05. The minimum absolute atomic E-state index is 0.170. The van der Waals surface area contributed by atoms with E-state index in [1.54, 1.807) is 11.3 Å². The standard InChI is InChI=1S/C22H31N3O2S/c1-6-8-10-25(15(3)7-2)22(26)20-14-28-21-13-24(11-9-18(20)21)12-19-16(4)23-27-17(19)5/h6,8,14-15H,7,9-13H2,1-5H3. The van der Waals surface area contributed by atoms with E-state index in [1.807, 2.05) is 31.7 Å². The first-order valence-corrected chi connectivity index (χ1v) is 11.0. The van der Waals surface area contributed by atoms with Crippen LogP contribution in [0.3, 0.4) is 0 Å². The minimum Gasteiger partial charge on any atom is -0.361 e. The van der Waals surface area contributed by atoms with Crippen molar-refractivity contribution in [3.63, 3.8) is 0 Å². The molecule has 3 rings (SSSR count). The number of amides is 1. The monoisotopic (exact) mass is 401 g/mol. The maximum Gasteiger partial charge on any atom is 0.255 e. The van der Waals surface area contributed by atoms with Crippen LogP contribution in [0, 0.1) is 13.8 Å². The highest BCUT2D eigenvalue weighted by Gasteiger charge is 2.28. The Morgan fingerprint density at radius 3 is 2.89 bits per heavy atom. The van der Waals surface area contributed by atoms with Crippen molar-refractivity contribution >= 4 is 17.2 Å². The lowest BCUT2D eigenvalue weighted by Gasteiger charge is -2.30. The number of rotatable bonds is 7. The van der Waals surface area contributed by atoms with Gasteiger partial charge in [0.05, 0.1) is 11.3 Å². The number of hydrogen-bond acceptors (Lipinski definition) is 5. The molecule has 6 heteroatoms. The van der Waals surface area contributed by atoms with Crippen molar-refractivity contribution in [3.8, 4) is 0 Å². The van der Waals surface area contributed by atoms with Crippen molar-refractivity contribution in [3.05, 3.63) is 50.6 Å². The van der Waals surface area contributed by atoms with Gasteiger partial charge < -0.3 is 9.42 Å². The summed E-state index contributed by atoms with van der Waals surface area (Å²) in [4.78, 5) is 19.0. The Morgan fingerprint density at radius 2 is 2.25 bits per heavy atom. The summed E-state index contributed by atoms with van der Waals surface area (Å²) >= 11 is 1.72. The summed E-state index contributed by atoms with van der Waals surface area (Å²) in [5, 5.41) is 6.13. The van der Waals surface area contributed by atoms with Gasteiger partial charge in [-0.15, -0.1) is 11.3 Å². The molecule has 3 heterocycles. The number of fused-ring (bicyclic) bond motifs is 1. The van der Waals surface area contributed by atoms with E-state index < -0.39 is 0 Å². The van der Waals surface area contributed by atoms with Gasteiger partial charge in [0.15, 0.2) is 0 Å². The molecule has 0 fully saturated rings. The number of aromatic nitrogens is 1. The summed E-state index contributed by atoms with van der Waals surface area (Å²) in [5.74, 6) is 1.07. The van der Waals surface area contributed by atoms with E-state index in [0.29, 0.717) is 6.54 Å². The summed E-state index contributed by atoms with van der Waals surface area (Å²) in [6.45, 7) is 13.6. The molecule has 0 aromatic carbocycles. The zero-order chi connectivity index (χ0) is 20.3. The summed E-state index contributed by atoms with van der Waals surface area (Å²) in [6.07, 6.45) is 5.95. The number of carbonyl (C=O) groups is 1. The van der Waals surface area contributed by atoms with Gasteiger partial charge >= 0.3 is 0 Å². The maximum absolute atomic E-state index is 13.3. The first-order valence-electron chi connectivity index (χ1n) is 10.1. The lowest BCUT2D eigenvalue weighted by atomic mass is 10.0. The maximum atomic E-state index is 13.3. The van der Waals surface area contributed by atoms with Crippen molar-refractivity contribution in [2.24, 2.45) is 0 Å². The smallest absolute Gasteiger partial charge is 0.255 e. The molecule has 0 saturated heterocycles. The molecule has 0 aliphatic carbocycles. The Hall–Kier alpha value is -1.92. The first-order chi connectivity index (χ1) is 13.5. The molecular weight excluding hydrogens is 370 g/mol. The number of allylic oxidation sites excluding steroid dienone is 1. The highest BCUT2D eigenvalue weighted by Crippen LogP contribution is 2.31. The normalized spacial score (nSPS) is 15.8. The summed E-state index contributed by atoms with van der Waals surface area (Å²) in [6, 6.07) is 0.235. The SMILES string of the molecule is CC=CCN(C(=O)c1csc2c1CCN(Cc1c(C)noc1C)C2)C(C)CC. The number of hydrogen-bond donors (Lipinski definition) is 0. The van der Waals surface area contributed by atoms with Crippen LogP contribution in [0.25, 0.3) is 0 Å². The van der Waals surface area contributed by atoms with Crippen LogP contribution in [-0.4, -0.2) is 40.0 Å². The zero-order valence-corrected chi connectivity index (χ0v) is 18.4. The van der Waals surface area contributed by atoms with Gasteiger partial charge in [0.1, 0.15) is 5.76 Å². The predicted molar refractivity (Wildman–Crippen MR) is 114 cm³/mol. The lowest BCUT2D eigenvalue weighted by Crippen LogP contribution is -2.39. The van der Waals surface area contributed by atoms with Crippen LogP contribution in [0.5, 0.6) is 0 Å². The van der Waals surface area contributed by atoms with Gasteiger partial charge in [0.25, 0.3) is 5.91 Å². The molecule has 0 radical (unpaired) electrons. The van der Waals surface area contributed by atoms with E-state index in [0.717, 1.165) is 49.5 Å². The van der Waals surface area contributed by atoms with Gasteiger partial charge in [0.2, 0.25) is 0 Å². The number of thiophene rings is 1.